The van der Waals surface area contributed by atoms with Crippen LogP contribution in [0.15, 0.2) is 138 Å². The van der Waals surface area contributed by atoms with Crippen molar-refractivity contribution >= 4 is 55.2 Å². The molecule has 59 heavy (non-hydrogen) atoms. The Balaban J connectivity index is 0.000000146. The second-order valence-electron chi connectivity index (χ2n) is 13.7. The van der Waals surface area contributed by atoms with Crippen LogP contribution in [0, 0.1) is 0 Å². The van der Waals surface area contributed by atoms with E-state index >= 15 is 0 Å². The Hall–Kier alpha value is -6.38. The van der Waals surface area contributed by atoms with Crippen LogP contribution in [0.25, 0.3) is 66.8 Å². The van der Waals surface area contributed by atoms with Crippen LogP contribution >= 0.6 is 15.9 Å². The maximum Gasteiger partial charge on any atom is 0.172 e. The largest absolute Gasteiger partial charge is 0.381 e. The van der Waals surface area contributed by atoms with Gasteiger partial charge in [-0.15, -0.1) is 0 Å². The van der Waals surface area contributed by atoms with Gasteiger partial charge >= 0.3 is 0 Å². The lowest BCUT2D eigenvalue weighted by Crippen LogP contribution is -2.37. The second-order valence-corrected chi connectivity index (χ2v) is 14.5. The molecular formula is C46H43BrN10O2. The summed E-state index contributed by atoms with van der Waals surface area (Å²) in [5.41, 5.74) is 21.3. The van der Waals surface area contributed by atoms with Crippen molar-refractivity contribution in [1.29, 1.82) is 0 Å². The van der Waals surface area contributed by atoms with Crippen molar-refractivity contribution in [3.8, 4) is 45.0 Å². The van der Waals surface area contributed by atoms with Crippen molar-refractivity contribution in [2.45, 2.75) is 0 Å². The number of aromatic nitrogens is 6. The third-order valence-electron chi connectivity index (χ3n) is 9.79. The number of pyridine rings is 2. The molecule has 2 aliphatic heterocycles. The van der Waals surface area contributed by atoms with Crippen LogP contribution in [-0.4, -0.2) is 82.5 Å². The topological polar surface area (TPSA) is 163 Å². The molecule has 2 fully saturated rings. The molecule has 0 aliphatic carbocycles. The minimum atomic E-state index is 0.375. The molecule has 0 atom stereocenters. The highest BCUT2D eigenvalue weighted by Crippen LogP contribution is 2.36. The Morgan fingerprint density at radius 1 is 0.508 bits per heavy atom. The Kier molecular flexibility index (Phi) is 12.6. The van der Waals surface area contributed by atoms with Gasteiger partial charge in [0.1, 0.15) is 4.60 Å². The normalized spacial score (nSPS) is 13.9. The van der Waals surface area contributed by atoms with Crippen LogP contribution in [0.3, 0.4) is 0 Å². The summed E-state index contributed by atoms with van der Waals surface area (Å²) >= 11 is 3.39. The molecule has 10 rings (SSSR count). The fourth-order valence-corrected chi connectivity index (χ4v) is 7.10. The molecule has 6 heterocycles. The molecule has 0 radical (unpaired) electrons. The summed E-state index contributed by atoms with van der Waals surface area (Å²) in [4.78, 5) is 29.9. The highest BCUT2D eigenvalue weighted by atomic mass is 79.9. The van der Waals surface area contributed by atoms with Crippen molar-refractivity contribution in [2.24, 2.45) is 0 Å². The molecule has 12 nitrogen and oxygen atoms in total. The van der Waals surface area contributed by atoms with Crippen LogP contribution < -0.4 is 21.7 Å². The van der Waals surface area contributed by atoms with E-state index in [2.05, 4.69) is 64.3 Å². The molecule has 4 aromatic carbocycles. The van der Waals surface area contributed by atoms with Crippen molar-refractivity contribution in [1.82, 2.24) is 35.2 Å². The molecule has 0 unspecified atom stereocenters. The van der Waals surface area contributed by atoms with Gasteiger partial charge in [-0.1, -0.05) is 84.9 Å². The second kappa shape index (κ2) is 18.9. The summed E-state index contributed by atoms with van der Waals surface area (Å²) < 4.78 is 11.0. The zero-order valence-corrected chi connectivity index (χ0v) is 33.9. The lowest BCUT2D eigenvalue weighted by atomic mass is 10.0. The van der Waals surface area contributed by atoms with E-state index in [1.165, 1.54) is 0 Å². The molecule has 5 N–H and O–H groups in total. The highest BCUT2D eigenvalue weighted by Gasteiger charge is 2.21. The first-order valence-electron chi connectivity index (χ1n) is 19.4. The SMILES string of the molecule is C1COCCN1.Nc1nc(-c2ccccc2)c(-c2ccc3ncccc3c2)nc1Br.Nc1nc(-c2ccccc2)c(-c2ccc3ncccc3c2)nc1N1CCOCC1. The van der Waals surface area contributed by atoms with E-state index < -0.39 is 0 Å². The van der Waals surface area contributed by atoms with E-state index in [1.807, 2.05) is 103 Å². The van der Waals surface area contributed by atoms with E-state index in [0.717, 1.165) is 106 Å². The summed E-state index contributed by atoms with van der Waals surface area (Å²) in [6.45, 7) is 6.67. The van der Waals surface area contributed by atoms with Crippen molar-refractivity contribution in [3.05, 3.63) is 138 Å². The summed E-state index contributed by atoms with van der Waals surface area (Å²) in [6.07, 6.45) is 3.59. The first kappa shape index (κ1) is 39.4. The molecular weight excluding hydrogens is 804 g/mol. The number of hydrogen-bond acceptors (Lipinski definition) is 12. The van der Waals surface area contributed by atoms with Gasteiger partial charge in [0.05, 0.1) is 60.2 Å². The number of nitrogens with zero attached hydrogens (tertiary/aromatic N) is 7. The summed E-state index contributed by atoms with van der Waals surface area (Å²) in [5.74, 6) is 1.53. The van der Waals surface area contributed by atoms with Crippen LogP contribution in [0.2, 0.25) is 0 Å². The molecule has 296 valence electrons. The Bertz CT molecular complexity index is 2650. The Morgan fingerprint density at radius 3 is 1.51 bits per heavy atom. The maximum absolute atomic E-state index is 6.36. The molecule has 0 bridgehead atoms. The van der Waals surface area contributed by atoms with Gasteiger partial charge in [-0.05, 0) is 52.3 Å². The Labute approximate surface area is 350 Å². The van der Waals surface area contributed by atoms with Gasteiger partial charge in [0.15, 0.2) is 17.5 Å². The Morgan fingerprint density at radius 2 is 1.00 bits per heavy atom. The summed E-state index contributed by atoms with van der Waals surface area (Å²) in [6, 6.07) is 40.2. The lowest BCUT2D eigenvalue weighted by molar-refractivity contribution is 0.109. The molecule has 2 saturated heterocycles. The first-order chi connectivity index (χ1) is 29.0. The molecule has 0 amide bonds. The van der Waals surface area contributed by atoms with Gasteiger partial charge in [-0.2, -0.15) is 0 Å². The number of halogens is 1. The first-order valence-corrected chi connectivity index (χ1v) is 20.2. The standard InChI is InChI=1S/C23H21N5O.C19H13BrN4.C4H9NO/c24-22-23(28-11-13-29-14-12-28)27-21(20(26-22)16-5-2-1-3-6-16)18-8-9-19-17(15-18)7-4-10-25-19;20-18-19(21)24-16(12-5-2-1-3-6-12)17(23-18)14-8-9-15-13(11-14)7-4-10-22-15;1-3-6-4-2-5-1/h1-10,15H,11-14H2,(H2,24,26);1-11H,(H2,21,24);5H,1-4H2. The zero-order chi connectivity index (χ0) is 40.4. The van der Waals surface area contributed by atoms with Gasteiger partial charge in [-0.25, -0.2) is 19.9 Å². The summed E-state index contributed by atoms with van der Waals surface area (Å²) in [5, 5.41) is 5.28. The zero-order valence-electron chi connectivity index (χ0n) is 32.3. The predicted octanol–water partition coefficient (Wildman–Crippen LogP) is 8.09. The van der Waals surface area contributed by atoms with Gasteiger partial charge in [-0.3, -0.25) is 9.97 Å². The number of fused-ring (bicyclic) bond motifs is 2. The number of ether oxygens (including phenoxy) is 2. The monoisotopic (exact) mass is 846 g/mol. The number of hydrogen-bond donors (Lipinski definition) is 3. The minimum absolute atomic E-state index is 0.375. The minimum Gasteiger partial charge on any atom is -0.381 e. The van der Waals surface area contributed by atoms with E-state index in [-0.39, 0.29) is 0 Å². The van der Waals surface area contributed by atoms with Crippen molar-refractivity contribution < 1.29 is 9.47 Å². The van der Waals surface area contributed by atoms with Gasteiger partial charge < -0.3 is 31.2 Å². The number of morpholine rings is 2. The van der Waals surface area contributed by atoms with Gasteiger partial charge in [0, 0.05) is 71.6 Å². The molecule has 0 saturated carbocycles. The molecule has 8 aromatic rings. The number of nitrogens with two attached hydrogens (primary N) is 2. The van der Waals surface area contributed by atoms with Crippen LogP contribution in [-0.2, 0) is 9.47 Å². The van der Waals surface area contributed by atoms with Crippen LogP contribution in [0.4, 0.5) is 17.5 Å². The predicted molar refractivity (Wildman–Crippen MR) is 240 cm³/mol. The van der Waals surface area contributed by atoms with Crippen LogP contribution in [0.1, 0.15) is 0 Å². The highest BCUT2D eigenvalue weighted by molar-refractivity contribution is 9.10. The fourth-order valence-electron chi connectivity index (χ4n) is 6.83. The number of nitrogen functional groups attached to an aromatic ring is 2. The molecule has 13 heteroatoms. The van der Waals surface area contributed by atoms with Crippen molar-refractivity contribution in [2.75, 3.05) is 69.0 Å². The fraction of sp³-hybridized carbons (Fsp3) is 0.174. The maximum atomic E-state index is 6.36. The number of nitrogens with one attached hydrogen (secondary N) is 1. The van der Waals surface area contributed by atoms with E-state index in [4.69, 9.17) is 30.9 Å². The van der Waals surface area contributed by atoms with E-state index in [1.54, 1.807) is 12.4 Å². The number of rotatable bonds is 5. The van der Waals surface area contributed by atoms with Crippen LogP contribution in [0.5, 0.6) is 0 Å². The van der Waals surface area contributed by atoms with E-state index in [9.17, 15) is 0 Å². The molecule has 2 aliphatic rings. The quantitative estimate of drug-likeness (QED) is 0.153. The van der Waals surface area contributed by atoms with Gasteiger partial charge in [0.25, 0.3) is 0 Å². The third kappa shape index (κ3) is 9.51. The lowest BCUT2D eigenvalue weighted by Gasteiger charge is -2.29. The molecule has 4 aromatic heterocycles. The third-order valence-corrected chi connectivity index (χ3v) is 10.4. The van der Waals surface area contributed by atoms with Gasteiger partial charge in [0.2, 0.25) is 0 Å². The average molecular weight is 848 g/mol. The number of benzene rings is 4. The summed E-state index contributed by atoms with van der Waals surface area (Å²) in [7, 11) is 0. The number of anilines is 3. The van der Waals surface area contributed by atoms with E-state index in [0.29, 0.717) is 35.3 Å². The van der Waals surface area contributed by atoms with Crippen molar-refractivity contribution in [3.63, 3.8) is 0 Å². The molecule has 0 spiro atoms. The smallest absolute Gasteiger partial charge is 0.172 e. The average Bonchev–Trinajstić information content (AvgIpc) is 3.31.